The number of hydrogen-bond acceptors (Lipinski definition) is 5. The van der Waals surface area contributed by atoms with Crippen molar-refractivity contribution in [1.29, 1.82) is 5.26 Å². The zero-order chi connectivity index (χ0) is 25.1. The Labute approximate surface area is 212 Å². The van der Waals surface area contributed by atoms with Crippen molar-refractivity contribution >= 4 is 34.2 Å². The summed E-state index contributed by atoms with van der Waals surface area (Å²) in [5.74, 6) is -1.16. The van der Waals surface area contributed by atoms with E-state index in [0.717, 1.165) is 47.4 Å². The smallest absolute Gasteiger partial charge is 0.266 e. The first kappa shape index (κ1) is 23.3. The van der Waals surface area contributed by atoms with E-state index >= 15 is 0 Å². The SMILES string of the molecule is N#C/C(=C\c1cn(-c2ccccc2)nc1-c1ccccc1)C(=O)Nc1sc2c(c1C(N)=O)CCCC2. The fourth-order valence-corrected chi connectivity index (χ4v) is 5.71. The first-order chi connectivity index (χ1) is 17.5. The lowest BCUT2D eigenvalue weighted by Crippen LogP contribution is -2.19. The van der Waals surface area contributed by atoms with Gasteiger partial charge in [-0.05, 0) is 49.5 Å². The normalized spacial score (nSPS) is 13.0. The van der Waals surface area contributed by atoms with Crippen LogP contribution in [0.1, 0.15) is 39.2 Å². The summed E-state index contributed by atoms with van der Waals surface area (Å²) in [6.07, 6.45) is 6.96. The van der Waals surface area contributed by atoms with Crippen LogP contribution in [-0.4, -0.2) is 21.6 Å². The molecule has 1 aliphatic rings. The maximum Gasteiger partial charge on any atom is 0.266 e. The van der Waals surface area contributed by atoms with Crippen LogP contribution >= 0.6 is 11.3 Å². The number of thiophene rings is 1. The average Bonchev–Trinajstić information content (AvgIpc) is 3.49. The standard InChI is InChI=1S/C28H23N5O2S/c29-16-19(27(35)31-28-24(26(30)34)22-13-7-8-14-23(22)36-28)15-20-17-33(21-11-5-2-6-12-21)32-25(20)18-9-3-1-4-10-18/h1-6,9-12,15,17H,7-8,13-14H2,(H2,30,34)(H,31,35)/b19-15+. The summed E-state index contributed by atoms with van der Waals surface area (Å²) in [6, 6.07) is 21.2. The van der Waals surface area contributed by atoms with Crippen LogP contribution in [-0.2, 0) is 17.6 Å². The third kappa shape index (κ3) is 4.57. The van der Waals surface area contributed by atoms with Crippen LogP contribution in [0.15, 0.2) is 72.4 Å². The highest BCUT2D eigenvalue weighted by Gasteiger charge is 2.26. The summed E-state index contributed by atoms with van der Waals surface area (Å²) in [5, 5.41) is 17.8. The van der Waals surface area contributed by atoms with Gasteiger partial charge < -0.3 is 11.1 Å². The zero-order valence-electron chi connectivity index (χ0n) is 19.4. The number of carbonyl (C=O) groups excluding carboxylic acids is 2. The van der Waals surface area contributed by atoms with Gasteiger partial charge in [0.2, 0.25) is 0 Å². The molecule has 5 rings (SSSR count). The van der Waals surface area contributed by atoms with Crippen LogP contribution in [0.4, 0.5) is 5.00 Å². The number of hydrogen-bond donors (Lipinski definition) is 2. The number of benzene rings is 2. The molecular formula is C28H23N5O2S. The first-order valence-electron chi connectivity index (χ1n) is 11.6. The molecule has 0 aliphatic heterocycles. The Kier molecular flexibility index (Phi) is 6.48. The fourth-order valence-electron chi connectivity index (χ4n) is 4.42. The summed E-state index contributed by atoms with van der Waals surface area (Å²) in [6.45, 7) is 0. The minimum atomic E-state index is -0.593. The molecule has 0 fully saturated rings. The molecule has 7 nitrogen and oxygen atoms in total. The van der Waals surface area contributed by atoms with E-state index in [1.165, 1.54) is 17.4 Å². The zero-order valence-corrected chi connectivity index (χ0v) is 20.2. The molecular weight excluding hydrogens is 470 g/mol. The van der Waals surface area contributed by atoms with Crippen molar-refractivity contribution in [3.05, 3.63) is 94.0 Å². The Hall–Kier alpha value is -4.48. The van der Waals surface area contributed by atoms with Crippen molar-refractivity contribution in [3.63, 3.8) is 0 Å². The van der Waals surface area contributed by atoms with Crippen LogP contribution in [0.5, 0.6) is 0 Å². The molecule has 0 radical (unpaired) electrons. The van der Waals surface area contributed by atoms with Crippen molar-refractivity contribution in [2.75, 3.05) is 5.32 Å². The lowest BCUT2D eigenvalue weighted by Gasteiger charge is -2.11. The molecule has 1 aliphatic carbocycles. The Morgan fingerprint density at radius 1 is 1.06 bits per heavy atom. The summed E-state index contributed by atoms with van der Waals surface area (Å²) in [7, 11) is 0. The van der Waals surface area contributed by atoms with E-state index in [-0.39, 0.29) is 5.57 Å². The second kappa shape index (κ2) is 10.0. The molecule has 0 atom stereocenters. The highest BCUT2D eigenvalue weighted by molar-refractivity contribution is 7.17. The van der Waals surface area contributed by atoms with Crippen LogP contribution in [0, 0.1) is 11.3 Å². The minimum Gasteiger partial charge on any atom is -0.365 e. The number of primary amides is 1. The molecule has 0 saturated carbocycles. The molecule has 0 spiro atoms. The number of amides is 2. The van der Waals surface area contributed by atoms with E-state index in [2.05, 4.69) is 5.32 Å². The number of aryl methyl sites for hydroxylation is 1. The first-order valence-corrected chi connectivity index (χ1v) is 12.4. The number of nitrogens with one attached hydrogen (secondary N) is 1. The van der Waals surface area contributed by atoms with Crippen LogP contribution < -0.4 is 11.1 Å². The summed E-state index contributed by atoms with van der Waals surface area (Å²) >= 11 is 1.37. The fraction of sp³-hybridized carbons (Fsp3) is 0.143. The van der Waals surface area contributed by atoms with E-state index < -0.39 is 11.8 Å². The molecule has 0 unspecified atom stereocenters. The topological polar surface area (TPSA) is 114 Å². The molecule has 178 valence electrons. The van der Waals surface area contributed by atoms with E-state index in [1.54, 1.807) is 10.9 Å². The molecule has 2 amide bonds. The van der Waals surface area contributed by atoms with Crippen molar-refractivity contribution in [2.24, 2.45) is 5.73 Å². The number of anilines is 1. The Morgan fingerprint density at radius 3 is 2.44 bits per heavy atom. The summed E-state index contributed by atoms with van der Waals surface area (Å²) in [5.41, 5.74) is 9.83. The maximum atomic E-state index is 13.2. The summed E-state index contributed by atoms with van der Waals surface area (Å²) in [4.78, 5) is 26.5. The van der Waals surface area contributed by atoms with E-state index in [0.29, 0.717) is 21.8 Å². The number of carbonyl (C=O) groups is 2. The second-order valence-corrected chi connectivity index (χ2v) is 9.59. The van der Waals surface area contributed by atoms with Crippen molar-refractivity contribution in [2.45, 2.75) is 25.7 Å². The van der Waals surface area contributed by atoms with Gasteiger partial charge in [-0.15, -0.1) is 11.3 Å². The maximum absolute atomic E-state index is 13.2. The van der Waals surface area contributed by atoms with Gasteiger partial charge in [0.15, 0.2) is 0 Å². The Balaban J connectivity index is 1.53. The van der Waals surface area contributed by atoms with Gasteiger partial charge in [0, 0.05) is 22.2 Å². The predicted octanol–water partition coefficient (Wildman–Crippen LogP) is 5.12. The van der Waals surface area contributed by atoms with Gasteiger partial charge in [-0.25, -0.2) is 4.68 Å². The van der Waals surface area contributed by atoms with Gasteiger partial charge in [-0.1, -0.05) is 48.5 Å². The molecule has 2 heterocycles. The largest absolute Gasteiger partial charge is 0.365 e. The van der Waals surface area contributed by atoms with Gasteiger partial charge in [-0.2, -0.15) is 10.4 Å². The molecule has 0 saturated heterocycles. The third-order valence-electron chi connectivity index (χ3n) is 6.12. The van der Waals surface area contributed by atoms with Gasteiger partial charge in [0.1, 0.15) is 16.6 Å². The molecule has 3 N–H and O–H groups in total. The van der Waals surface area contributed by atoms with Gasteiger partial charge in [0.05, 0.1) is 16.9 Å². The highest BCUT2D eigenvalue weighted by atomic mass is 32.1. The molecule has 2 aromatic heterocycles. The minimum absolute atomic E-state index is 0.0958. The van der Waals surface area contributed by atoms with Crippen LogP contribution in [0.2, 0.25) is 0 Å². The molecule has 4 aromatic rings. The molecule has 2 aromatic carbocycles. The number of para-hydroxylation sites is 1. The number of nitrogens with two attached hydrogens (primary N) is 1. The van der Waals surface area contributed by atoms with Gasteiger partial charge >= 0.3 is 0 Å². The number of fused-ring (bicyclic) bond motifs is 1. The average molecular weight is 494 g/mol. The Morgan fingerprint density at radius 2 is 1.75 bits per heavy atom. The lowest BCUT2D eigenvalue weighted by molar-refractivity contribution is -0.112. The van der Waals surface area contributed by atoms with E-state index in [9.17, 15) is 14.9 Å². The highest BCUT2D eigenvalue weighted by Crippen LogP contribution is 2.38. The van der Waals surface area contributed by atoms with Crippen molar-refractivity contribution in [1.82, 2.24) is 9.78 Å². The molecule has 8 heteroatoms. The number of rotatable bonds is 6. The second-order valence-electron chi connectivity index (χ2n) is 8.48. The van der Waals surface area contributed by atoms with E-state index in [1.807, 2.05) is 66.7 Å². The van der Waals surface area contributed by atoms with Gasteiger partial charge in [0.25, 0.3) is 11.8 Å². The lowest BCUT2D eigenvalue weighted by atomic mass is 9.95. The van der Waals surface area contributed by atoms with Gasteiger partial charge in [-0.3, -0.25) is 9.59 Å². The number of aromatic nitrogens is 2. The quantitative estimate of drug-likeness (QED) is 0.286. The number of nitriles is 1. The molecule has 36 heavy (non-hydrogen) atoms. The third-order valence-corrected chi connectivity index (χ3v) is 7.33. The van der Waals surface area contributed by atoms with Crippen molar-refractivity contribution in [3.8, 4) is 23.0 Å². The Bertz CT molecular complexity index is 1510. The van der Waals surface area contributed by atoms with Crippen LogP contribution in [0.3, 0.4) is 0 Å². The summed E-state index contributed by atoms with van der Waals surface area (Å²) < 4.78 is 1.72. The van der Waals surface area contributed by atoms with Crippen molar-refractivity contribution < 1.29 is 9.59 Å². The van der Waals surface area contributed by atoms with Crippen LogP contribution in [0.25, 0.3) is 23.0 Å². The monoisotopic (exact) mass is 493 g/mol. The van der Waals surface area contributed by atoms with E-state index in [4.69, 9.17) is 10.8 Å². The predicted molar refractivity (Wildman–Crippen MR) is 141 cm³/mol. The molecule has 0 bridgehead atoms. The number of nitrogens with zero attached hydrogens (tertiary/aromatic N) is 3.